The molecule has 1 amide bonds. The van der Waals surface area contributed by atoms with Gasteiger partial charge in [-0.25, -0.2) is 4.79 Å². The highest BCUT2D eigenvalue weighted by atomic mass is 19.4. The molecule has 122 valence electrons. The molecular formula is C13H15F3N2O4. The van der Waals surface area contributed by atoms with Crippen LogP contribution >= 0.6 is 0 Å². The Kier molecular flexibility index (Phi) is 5.00. The van der Waals surface area contributed by atoms with E-state index in [1.807, 2.05) is 0 Å². The van der Waals surface area contributed by atoms with Crippen LogP contribution in [-0.2, 0) is 0 Å². The normalized spacial score (nSPS) is 13.0. The van der Waals surface area contributed by atoms with Crippen molar-refractivity contribution >= 4 is 11.9 Å². The average molecular weight is 320 g/mol. The van der Waals surface area contributed by atoms with Crippen molar-refractivity contribution in [3.8, 4) is 0 Å². The number of hydrogen-bond donors (Lipinski definition) is 2. The van der Waals surface area contributed by atoms with Crippen molar-refractivity contribution in [3.63, 3.8) is 0 Å². The number of rotatable bonds is 4. The fourth-order valence-corrected chi connectivity index (χ4v) is 1.57. The molecule has 0 radical (unpaired) electrons. The first-order chi connectivity index (χ1) is 9.95. The minimum absolute atomic E-state index is 0.287. The minimum atomic E-state index is -4.67. The summed E-state index contributed by atoms with van der Waals surface area (Å²) in [5.41, 5.74) is -2.46. The summed E-state index contributed by atoms with van der Waals surface area (Å²) in [6.45, 7) is 4.05. The maximum absolute atomic E-state index is 12.4. The molecule has 0 saturated carbocycles. The topological polar surface area (TPSA) is 88.4 Å². The summed E-state index contributed by atoms with van der Waals surface area (Å²) in [6.07, 6.45) is -2.59. The first-order valence-corrected chi connectivity index (χ1v) is 6.31. The number of aromatic nitrogens is 1. The van der Waals surface area contributed by atoms with Gasteiger partial charge in [0, 0.05) is 18.4 Å². The summed E-state index contributed by atoms with van der Waals surface area (Å²) < 4.78 is 38.6. The predicted octanol–water partition coefficient (Wildman–Crippen LogP) is 1.81. The van der Waals surface area contributed by atoms with Crippen LogP contribution in [0.5, 0.6) is 0 Å². The van der Waals surface area contributed by atoms with Gasteiger partial charge in [0.25, 0.3) is 5.91 Å². The predicted molar refractivity (Wildman–Crippen MR) is 71.0 cm³/mol. The van der Waals surface area contributed by atoms with Gasteiger partial charge in [-0.3, -0.25) is 9.59 Å². The van der Waals surface area contributed by atoms with Crippen molar-refractivity contribution in [1.82, 2.24) is 9.88 Å². The molecule has 0 saturated heterocycles. The number of carbonyl (C=O) groups excluding carboxylic acids is 1. The molecule has 1 aromatic rings. The summed E-state index contributed by atoms with van der Waals surface area (Å²) in [5, 5.41) is 10.6. The second-order valence-corrected chi connectivity index (χ2v) is 5.00. The number of hydrogen-bond acceptors (Lipinski definition) is 3. The van der Waals surface area contributed by atoms with E-state index in [0.29, 0.717) is 0 Å². The van der Waals surface area contributed by atoms with Crippen LogP contribution in [0, 0.1) is 0 Å². The average Bonchev–Trinajstić information content (AvgIpc) is 2.36. The van der Waals surface area contributed by atoms with Crippen LogP contribution in [0.4, 0.5) is 13.2 Å². The van der Waals surface area contributed by atoms with Gasteiger partial charge in [0.1, 0.15) is 17.2 Å². The maximum Gasteiger partial charge on any atom is 0.408 e. The van der Waals surface area contributed by atoms with Crippen molar-refractivity contribution in [2.75, 3.05) is 0 Å². The quantitative estimate of drug-likeness (QED) is 0.885. The SMILES string of the molecule is CC(C)n1cc(C(=O)O)c(=O)c(C(=O)NC(C)C(F)(F)F)c1. The molecule has 0 aliphatic heterocycles. The fraction of sp³-hybridized carbons (Fsp3) is 0.462. The molecule has 1 unspecified atom stereocenters. The van der Waals surface area contributed by atoms with Gasteiger partial charge >= 0.3 is 12.1 Å². The molecule has 0 spiro atoms. The van der Waals surface area contributed by atoms with Crippen LogP contribution < -0.4 is 10.7 Å². The molecule has 0 aromatic carbocycles. The van der Waals surface area contributed by atoms with E-state index < -0.39 is 40.7 Å². The zero-order valence-electron chi connectivity index (χ0n) is 12.1. The standard InChI is InChI=1S/C13H15F3N2O4/c1-6(2)18-4-8(10(19)9(5-18)12(21)22)11(20)17-7(3)13(14,15)16/h4-7H,1-3H3,(H,17,20)(H,21,22). The Hall–Kier alpha value is -2.32. The van der Waals surface area contributed by atoms with E-state index in [4.69, 9.17) is 5.11 Å². The lowest BCUT2D eigenvalue weighted by Gasteiger charge is -2.18. The fourth-order valence-electron chi connectivity index (χ4n) is 1.57. The van der Waals surface area contributed by atoms with Gasteiger partial charge in [0.05, 0.1) is 0 Å². The molecule has 0 aliphatic carbocycles. The van der Waals surface area contributed by atoms with E-state index >= 15 is 0 Å². The summed E-state index contributed by atoms with van der Waals surface area (Å²) in [6, 6.07) is -2.45. The van der Waals surface area contributed by atoms with Crippen molar-refractivity contribution in [3.05, 3.63) is 33.7 Å². The Morgan fingerprint density at radius 1 is 1.18 bits per heavy atom. The van der Waals surface area contributed by atoms with Crippen molar-refractivity contribution in [1.29, 1.82) is 0 Å². The third kappa shape index (κ3) is 3.86. The number of carboxylic acids is 1. The molecule has 1 heterocycles. The lowest BCUT2D eigenvalue weighted by atomic mass is 10.1. The number of amides is 1. The minimum Gasteiger partial charge on any atom is -0.477 e. The first-order valence-electron chi connectivity index (χ1n) is 6.31. The highest BCUT2D eigenvalue weighted by Crippen LogP contribution is 2.19. The van der Waals surface area contributed by atoms with E-state index in [9.17, 15) is 27.6 Å². The number of nitrogens with zero attached hydrogens (tertiary/aromatic N) is 1. The smallest absolute Gasteiger partial charge is 0.408 e. The Morgan fingerprint density at radius 2 is 1.68 bits per heavy atom. The van der Waals surface area contributed by atoms with E-state index in [1.165, 1.54) is 4.57 Å². The molecule has 1 atom stereocenters. The molecule has 2 N–H and O–H groups in total. The van der Waals surface area contributed by atoms with Crippen molar-refractivity contribution in [2.24, 2.45) is 0 Å². The molecule has 1 rings (SSSR count). The summed E-state index contributed by atoms with van der Waals surface area (Å²) in [5.74, 6) is -2.83. The molecule has 0 bridgehead atoms. The molecule has 6 nitrogen and oxygen atoms in total. The molecule has 0 fully saturated rings. The lowest BCUT2D eigenvalue weighted by molar-refractivity contribution is -0.149. The third-order valence-electron chi connectivity index (χ3n) is 2.96. The number of carbonyl (C=O) groups is 2. The first kappa shape index (κ1) is 17.7. The van der Waals surface area contributed by atoms with Crippen LogP contribution in [0.1, 0.15) is 47.5 Å². The van der Waals surface area contributed by atoms with Gasteiger partial charge in [-0.1, -0.05) is 0 Å². The monoisotopic (exact) mass is 320 g/mol. The van der Waals surface area contributed by atoms with Crippen LogP contribution in [0.2, 0.25) is 0 Å². The Bertz CT molecular complexity index is 650. The highest BCUT2D eigenvalue weighted by molar-refractivity contribution is 5.97. The zero-order valence-corrected chi connectivity index (χ0v) is 12.1. The van der Waals surface area contributed by atoms with Crippen LogP contribution in [0.15, 0.2) is 17.2 Å². The number of halogens is 3. The molecular weight excluding hydrogens is 305 g/mol. The molecule has 1 aromatic heterocycles. The van der Waals surface area contributed by atoms with Crippen LogP contribution in [-0.4, -0.2) is 33.8 Å². The Labute approximate surface area is 123 Å². The van der Waals surface area contributed by atoms with Gasteiger partial charge < -0.3 is 15.0 Å². The van der Waals surface area contributed by atoms with Crippen molar-refractivity contribution < 1.29 is 27.9 Å². The number of alkyl halides is 3. The van der Waals surface area contributed by atoms with E-state index in [-0.39, 0.29) is 6.04 Å². The van der Waals surface area contributed by atoms with Gasteiger partial charge in [-0.2, -0.15) is 13.2 Å². The van der Waals surface area contributed by atoms with Gasteiger partial charge in [-0.05, 0) is 20.8 Å². The summed E-state index contributed by atoms with van der Waals surface area (Å²) in [7, 11) is 0. The number of nitrogens with one attached hydrogen (secondary N) is 1. The third-order valence-corrected chi connectivity index (χ3v) is 2.96. The number of pyridine rings is 1. The largest absolute Gasteiger partial charge is 0.477 e. The van der Waals surface area contributed by atoms with Gasteiger partial charge in [0.15, 0.2) is 0 Å². The number of carboxylic acid groups (broad SMARTS) is 1. The van der Waals surface area contributed by atoms with Crippen LogP contribution in [0.3, 0.4) is 0 Å². The van der Waals surface area contributed by atoms with Gasteiger partial charge in [0.2, 0.25) is 5.43 Å². The second kappa shape index (κ2) is 6.20. The summed E-state index contributed by atoms with van der Waals surface area (Å²) >= 11 is 0. The molecule has 22 heavy (non-hydrogen) atoms. The molecule has 0 aliphatic rings. The Morgan fingerprint density at radius 3 is 2.09 bits per heavy atom. The van der Waals surface area contributed by atoms with E-state index in [2.05, 4.69) is 0 Å². The number of aromatic carboxylic acids is 1. The lowest BCUT2D eigenvalue weighted by Crippen LogP contribution is -2.44. The van der Waals surface area contributed by atoms with Gasteiger partial charge in [-0.15, -0.1) is 0 Å². The highest BCUT2D eigenvalue weighted by Gasteiger charge is 2.37. The zero-order chi connectivity index (χ0) is 17.2. The Balaban J connectivity index is 3.31. The molecule has 9 heteroatoms. The maximum atomic E-state index is 12.4. The second-order valence-electron chi connectivity index (χ2n) is 5.00. The van der Waals surface area contributed by atoms with E-state index in [1.54, 1.807) is 19.2 Å². The van der Waals surface area contributed by atoms with Crippen LogP contribution in [0.25, 0.3) is 0 Å². The van der Waals surface area contributed by atoms with Crippen molar-refractivity contribution in [2.45, 2.75) is 39.0 Å². The summed E-state index contributed by atoms with van der Waals surface area (Å²) in [4.78, 5) is 34.8. The van der Waals surface area contributed by atoms with E-state index in [0.717, 1.165) is 19.3 Å².